The fourth-order valence-corrected chi connectivity index (χ4v) is 3.27. The number of rotatable bonds is 5. The van der Waals surface area contributed by atoms with Crippen molar-refractivity contribution in [2.24, 2.45) is 0 Å². The Bertz CT molecular complexity index is 1240. The van der Waals surface area contributed by atoms with Gasteiger partial charge in [0.2, 0.25) is 0 Å². The molecule has 0 saturated heterocycles. The van der Waals surface area contributed by atoms with Crippen molar-refractivity contribution >= 4 is 28.3 Å². The molecule has 29 heavy (non-hydrogen) atoms. The molecule has 1 aromatic heterocycles. The predicted molar refractivity (Wildman–Crippen MR) is 112 cm³/mol. The Hall–Kier alpha value is -3.44. The standard InChI is InChI=1S/C23H17ClN2O3/c24-20-13-7-4-10-17(20)15-29-23(28)21-18-11-5-6-12-19(18)22(27)26(25-21)14-16-8-2-1-3-9-16/h1-13H,14-15H2. The molecule has 0 fully saturated rings. The van der Waals surface area contributed by atoms with Crippen LogP contribution in [0.3, 0.4) is 0 Å². The third kappa shape index (κ3) is 4.05. The van der Waals surface area contributed by atoms with Gasteiger partial charge in [-0.2, -0.15) is 5.10 Å². The van der Waals surface area contributed by atoms with E-state index in [9.17, 15) is 9.59 Å². The van der Waals surface area contributed by atoms with Crippen LogP contribution in [-0.2, 0) is 17.9 Å². The summed E-state index contributed by atoms with van der Waals surface area (Å²) >= 11 is 6.13. The van der Waals surface area contributed by atoms with Gasteiger partial charge in [-0.25, -0.2) is 9.48 Å². The number of hydrogen-bond acceptors (Lipinski definition) is 4. The van der Waals surface area contributed by atoms with Gasteiger partial charge >= 0.3 is 5.97 Å². The van der Waals surface area contributed by atoms with Crippen LogP contribution in [0.4, 0.5) is 0 Å². The summed E-state index contributed by atoms with van der Waals surface area (Å²) in [6.45, 7) is 0.279. The molecule has 1 heterocycles. The summed E-state index contributed by atoms with van der Waals surface area (Å²) in [6.07, 6.45) is 0. The number of benzene rings is 3. The molecule has 0 saturated carbocycles. The van der Waals surface area contributed by atoms with Crippen molar-refractivity contribution in [1.29, 1.82) is 0 Å². The average molecular weight is 405 g/mol. The number of halogens is 1. The Morgan fingerprint density at radius 1 is 0.897 bits per heavy atom. The molecule has 4 aromatic rings. The summed E-state index contributed by atoms with van der Waals surface area (Å²) in [5, 5.41) is 5.73. The minimum atomic E-state index is -0.608. The van der Waals surface area contributed by atoms with Crippen molar-refractivity contribution in [1.82, 2.24) is 9.78 Å². The first-order valence-electron chi connectivity index (χ1n) is 9.08. The Labute approximate surface area is 172 Å². The molecule has 0 amide bonds. The molecule has 0 atom stereocenters. The van der Waals surface area contributed by atoms with Crippen LogP contribution in [0, 0.1) is 0 Å². The average Bonchev–Trinajstić information content (AvgIpc) is 2.76. The minimum Gasteiger partial charge on any atom is -0.456 e. The van der Waals surface area contributed by atoms with E-state index in [1.54, 1.807) is 36.4 Å². The van der Waals surface area contributed by atoms with Crippen LogP contribution in [0.2, 0.25) is 5.02 Å². The Kier molecular flexibility index (Phi) is 5.40. The van der Waals surface area contributed by atoms with Gasteiger partial charge in [-0.15, -0.1) is 0 Å². The van der Waals surface area contributed by atoms with Gasteiger partial charge in [0.25, 0.3) is 5.56 Å². The second kappa shape index (κ2) is 8.29. The van der Waals surface area contributed by atoms with Crippen LogP contribution in [0.15, 0.2) is 83.7 Å². The highest BCUT2D eigenvalue weighted by Gasteiger charge is 2.18. The summed E-state index contributed by atoms with van der Waals surface area (Å²) in [4.78, 5) is 25.7. The van der Waals surface area contributed by atoms with E-state index >= 15 is 0 Å². The zero-order valence-corrected chi connectivity index (χ0v) is 16.2. The normalized spacial score (nSPS) is 10.8. The number of aromatic nitrogens is 2. The topological polar surface area (TPSA) is 61.2 Å². The fourth-order valence-electron chi connectivity index (χ4n) is 3.08. The van der Waals surface area contributed by atoms with Gasteiger partial charge < -0.3 is 4.74 Å². The zero-order chi connectivity index (χ0) is 20.2. The smallest absolute Gasteiger partial charge is 0.359 e. The molecular weight excluding hydrogens is 388 g/mol. The SMILES string of the molecule is O=C(OCc1ccccc1Cl)c1nn(Cc2ccccc2)c(=O)c2ccccc12. The second-order valence-electron chi connectivity index (χ2n) is 6.51. The number of ether oxygens (including phenoxy) is 1. The largest absolute Gasteiger partial charge is 0.456 e. The Morgan fingerprint density at radius 2 is 1.55 bits per heavy atom. The highest BCUT2D eigenvalue weighted by Crippen LogP contribution is 2.18. The maximum Gasteiger partial charge on any atom is 0.359 e. The monoisotopic (exact) mass is 404 g/mol. The molecule has 144 valence electrons. The molecular formula is C23H17ClN2O3. The molecule has 0 unspecified atom stereocenters. The van der Waals surface area contributed by atoms with Crippen LogP contribution in [0.1, 0.15) is 21.6 Å². The van der Waals surface area contributed by atoms with Gasteiger partial charge in [-0.3, -0.25) is 4.79 Å². The van der Waals surface area contributed by atoms with Crippen molar-refractivity contribution in [3.05, 3.63) is 111 Å². The number of esters is 1. The van der Waals surface area contributed by atoms with Gasteiger partial charge in [-0.1, -0.05) is 78.3 Å². The molecule has 0 aliphatic carbocycles. The summed E-state index contributed by atoms with van der Waals surface area (Å²) in [5.74, 6) is -0.608. The number of carbonyl (C=O) groups is 1. The summed E-state index contributed by atoms with van der Waals surface area (Å²) in [5.41, 5.74) is 1.45. The first-order valence-corrected chi connectivity index (χ1v) is 9.45. The highest BCUT2D eigenvalue weighted by atomic mass is 35.5. The molecule has 0 N–H and O–H groups in total. The predicted octanol–water partition coefficient (Wildman–Crippen LogP) is 4.46. The second-order valence-corrected chi connectivity index (χ2v) is 6.92. The lowest BCUT2D eigenvalue weighted by Gasteiger charge is -2.11. The summed E-state index contributed by atoms with van der Waals surface area (Å²) in [7, 11) is 0. The van der Waals surface area contributed by atoms with Crippen LogP contribution in [-0.4, -0.2) is 15.7 Å². The van der Waals surface area contributed by atoms with Gasteiger partial charge in [0.1, 0.15) is 6.61 Å². The van der Waals surface area contributed by atoms with Crippen molar-refractivity contribution in [2.45, 2.75) is 13.2 Å². The molecule has 0 spiro atoms. The molecule has 5 nitrogen and oxygen atoms in total. The van der Waals surface area contributed by atoms with Crippen LogP contribution < -0.4 is 5.56 Å². The third-order valence-corrected chi connectivity index (χ3v) is 4.92. The Balaban J connectivity index is 1.71. The van der Waals surface area contributed by atoms with E-state index in [-0.39, 0.29) is 24.4 Å². The maximum atomic E-state index is 12.9. The molecule has 6 heteroatoms. The van der Waals surface area contributed by atoms with Crippen LogP contribution in [0.25, 0.3) is 10.8 Å². The first kappa shape index (κ1) is 18.9. The van der Waals surface area contributed by atoms with Gasteiger partial charge in [-0.05, 0) is 17.7 Å². The number of nitrogens with zero attached hydrogens (tertiary/aromatic N) is 2. The van der Waals surface area contributed by atoms with Crippen molar-refractivity contribution < 1.29 is 9.53 Å². The molecule has 3 aromatic carbocycles. The lowest BCUT2D eigenvalue weighted by molar-refractivity contribution is 0.0465. The first-order chi connectivity index (χ1) is 14.1. The van der Waals surface area contributed by atoms with Gasteiger partial charge in [0.15, 0.2) is 5.69 Å². The van der Waals surface area contributed by atoms with E-state index in [4.69, 9.17) is 16.3 Å². The van der Waals surface area contributed by atoms with Crippen LogP contribution in [0.5, 0.6) is 0 Å². The maximum absolute atomic E-state index is 12.9. The third-order valence-electron chi connectivity index (χ3n) is 4.55. The lowest BCUT2D eigenvalue weighted by Crippen LogP contribution is -2.27. The highest BCUT2D eigenvalue weighted by molar-refractivity contribution is 6.31. The van der Waals surface area contributed by atoms with E-state index in [0.29, 0.717) is 21.4 Å². The van der Waals surface area contributed by atoms with E-state index in [1.165, 1.54) is 4.68 Å². The summed E-state index contributed by atoms with van der Waals surface area (Å²) < 4.78 is 6.74. The van der Waals surface area contributed by atoms with Crippen molar-refractivity contribution in [3.63, 3.8) is 0 Å². The minimum absolute atomic E-state index is 0.0202. The number of hydrogen-bond donors (Lipinski definition) is 0. The molecule has 0 aliphatic heterocycles. The van der Waals surface area contributed by atoms with Crippen molar-refractivity contribution in [2.75, 3.05) is 0 Å². The fraction of sp³-hybridized carbons (Fsp3) is 0.0870. The summed E-state index contributed by atoms with van der Waals surface area (Å²) in [6, 6.07) is 23.5. The molecule has 0 bridgehead atoms. The number of carbonyl (C=O) groups excluding carboxylic acids is 1. The molecule has 0 radical (unpaired) electrons. The quantitative estimate of drug-likeness (QED) is 0.461. The lowest BCUT2D eigenvalue weighted by atomic mass is 10.1. The van der Waals surface area contributed by atoms with Crippen molar-refractivity contribution in [3.8, 4) is 0 Å². The van der Waals surface area contributed by atoms with Gasteiger partial charge in [0.05, 0.1) is 11.9 Å². The van der Waals surface area contributed by atoms with Gasteiger partial charge in [0, 0.05) is 16.0 Å². The number of fused-ring (bicyclic) bond motifs is 1. The molecule has 4 rings (SSSR count). The van der Waals surface area contributed by atoms with E-state index in [2.05, 4.69) is 5.10 Å². The van der Waals surface area contributed by atoms with E-state index in [0.717, 1.165) is 5.56 Å². The van der Waals surface area contributed by atoms with E-state index in [1.807, 2.05) is 42.5 Å². The van der Waals surface area contributed by atoms with Crippen LogP contribution >= 0.6 is 11.6 Å². The zero-order valence-electron chi connectivity index (χ0n) is 15.4. The van der Waals surface area contributed by atoms with E-state index < -0.39 is 5.97 Å². The Morgan fingerprint density at radius 3 is 2.31 bits per heavy atom. The molecule has 0 aliphatic rings.